The Kier molecular flexibility index (Phi) is 8.77. The summed E-state index contributed by atoms with van der Waals surface area (Å²) in [6.45, 7) is 3.33. The van der Waals surface area contributed by atoms with Crippen LogP contribution in [0.25, 0.3) is 16.8 Å². The molecular weight excluding hydrogens is 612 g/mol. The topological polar surface area (TPSA) is 119 Å². The molecule has 1 heterocycles. The Bertz CT molecular complexity index is 1890. The fourth-order valence-electron chi connectivity index (χ4n) is 4.47. The Morgan fingerprint density at radius 1 is 1.02 bits per heavy atom. The summed E-state index contributed by atoms with van der Waals surface area (Å²) in [5.41, 5.74) is 1.68. The molecule has 0 spiro atoms. The van der Waals surface area contributed by atoms with E-state index in [-0.39, 0.29) is 45.4 Å². The Labute approximate surface area is 257 Å². The molecule has 220 valence electrons. The molecule has 3 amide bonds. The minimum Gasteiger partial charge on any atom is -0.490 e. The first-order valence-electron chi connectivity index (χ1n) is 13.1. The van der Waals surface area contributed by atoms with Crippen LogP contribution in [0.1, 0.15) is 25.0 Å². The molecule has 4 aromatic carbocycles. The van der Waals surface area contributed by atoms with E-state index < -0.39 is 21.3 Å². The maximum Gasteiger partial charge on any atom is 0.339 e. The lowest BCUT2D eigenvalue weighted by Gasteiger charge is -2.15. The number of halogens is 1. The molecule has 43 heavy (non-hydrogen) atoms. The number of hydrogen-bond acceptors (Lipinski definition) is 8. The minimum atomic E-state index is -4.33. The quantitative estimate of drug-likeness (QED) is 0.156. The summed E-state index contributed by atoms with van der Waals surface area (Å²) in [7, 11) is -4.33. The molecule has 1 fully saturated rings. The molecule has 0 radical (unpaired) electrons. The number of fused-ring (bicyclic) bond motifs is 1. The molecule has 0 atom stereocenters. The Morgan fingerprint density at radius 3 is 2.47 bits per heavy atom. The number of nitrogens with zero attached hydrogens (tertiary/aromatic N) is 1. The van der Waals surface area contributed by atoms with Gasteiger partial charge in [0.15, 0.2) is 5.75 Å². The van der Waals surface area contributed by atoms with Crippen molar-refractivity contribution in [2.24, 2.45) is 0 Å². The van der Waals surface area contributed by atoms with Gasteiger partial charge in [-0.25, -0.2) is 0 Å². The Morgan fingerprint density at radius 2 is 1.74 bits per heavy atom. The summed E-state index contributed by atoms with van der Waals surface area (Å²) in [5.74, 6) is -0.942. The van der Waals surface area contributed by atoms with Crippen molar-refractivity contribution in [1.82, 2.24) is 4.90 Å². The van der Waals surface area contributed by atoms with Gasteiger partial charge in [-0.1, -0.05) is 54.1 Å². The van der Waals surface area contributed by atoms with Crippen molar-refractivity contribution in [3.63, 3.8) is 0 Å². The predicted molar refractivity (Wildman–Crippen MR) is 167 cm³/mol. The second-order valence-electron chi connectivity index (χ2n) is 9.41. The molecule has 4 aromatic rings. The third-order valence-corrected chi connectivity index (χ3v) is 8.79. The van der Waals surface area contributed by atoms with Crippen LogP contribution in [0.2, 0.25) is 5.02 Å². The lowest BCUT2D eigenvalue weighted by molar-refractivity contribution is -0.123. The molecule has 0 bridgehead atoms. The molecular formula is C31H25ClN2O7S2. The molecule has 0 aromatic heterocycles. The summed E-state index contributed by atoms with van der Waals surface area (Å²) in [6.07, 6.45) is 1.50. The average Bonchev–Trinajstić information content (AvgIpc) is 3.22. The summed E-state index contributed by atoms with van der Waals surface area (Å²) >= 11 is 7.28. The molecule has 5 rings (SSSR count). The number of nitrogens with one attached hydrogen (secondary N) is 1. The van der Waals surface area contributed by atoms with Crippen LogP contribution in [0.15, 0.2) is 88.7 Å². The van der Waals surface area contributed by atoms with E-state index in [4.69, 9.17) is 20.5 Å². The van der Waals surface area contributed by atoms with E-state index in [1.807, 2.05) is 42.5 Å². The Hall–Kier alpha value is -4.32. The van der Waals surface area contributed by atoms with E-state index in [1.54, 1.807) is 6.92 Å². The van der Waals surface area contributed by atoms with E-state index in [2.05, 4.69) is 5.32 Å². The first-order chi connectivity index (χ1) is 20.6. The number of thioether (sulfide) groups is 1. The predicted octanol–water partition coefficient (Wildman–Crippen LogP) is 6.85. The minimum absolute atomic E-state index is 0.0367. The van der Waals surface area contributed by atoms with Crippen molar-refractivity contribution in [2.45, 2.75) is 25.3 Å². The SMILES string of the molecule is CCOc1cc(/C=C2\SC(=O)N(Cc3cccc4ccccc34)C2=O)cc(Cl)c1OS(=O)(=O)c1ccc(NC(C)=O)cc1. The highest BCUT2D eigenvalue weighted by atomic mass is 35.5. The van der Waals surface area contributed by atoms with E-state index in [0.717, 1.165) is 28.1 Å². The number of hydrogen-bond donors (Lipinski definition) is 1. The van der Waals surface area contributed by atoms with Crippen molar-refractivity contribution in [2.75, 3.05) is 11.9 Å². The van der Waals surface area contributed by atoms with Gasteiger partial charge in [-0.05, 0) is 83.1 Å². The van der Waals surface area contributed by atoms with Crippen molar-refractivity contribution < 1.29 is 31.7 Å². The van der Waals surface area contributed by atoms with Crippen LogP contribution in [0.4, 0.5) is 10.5 Å². The highest BCUT2D eigenvalue weighted by molar-refractivity contribution is 8.18. The van der Waals surface area contributed by atoms with Gasteiger partial charge in [0.05, 0.1) is 23.1 Å². The van der Waals surface area contributed by atoms with Crippen molar-refractivity contribution in [3.8, 4) is 11.5 Å². The third kappa shape index (κ3) is 6.69. The number of anilines is 1. The first-order valence-corrected chi connectivity index (χ1v) is 15.7. The monoisotopic (exact) mass is 636 g/mol. The van der Waals surface area contributed by atoms with E-state index >= 15 is 0 Å². The summed E-state index contributed by atoms with van der Waals surface area (Å²) in [5, 5.41) is 4.04. The van der Waals surface area contributed by atoms with Crippen molar-refractivity contribution in [3.05, 3.63) is 99.9 Å². The van der Waals surface area contributed by atoms with Crippen LogP contribution < -0.4 is 14.2 Å². The molecule has 1 N–H and O–H groups in total. The maximum atomic E-state index is 13.3. The number of rotatable bonds is 9. The first kappa shape index (κ1) is 30.1. The summed E-state index contributed by atoms with van der Waals surface area (Å²) in [4.78, 5) is 38.6. The van der Waals surface area contributed by atoms with Crippen LogP contribution in [0.3, 0.4) is 0 Å². The number of carbonyl (C=O) groups excluding carboxylic acids is 3. The fourth-order valence-corrected chi connectivity index (χ4v) is 6.57. The van der Waals surface area contributed by atoms with Crippen molar-refractivity contribution in [1.29, 1.82) is 0 Å². The zero-order valence-corrected chi connectivity index (χ0v) is 25.4. The highest BCUT2D eigenvalue weighted by Crippen LogP contribution is 2.41. The van der Waals surface area contributed by atoms with Gasteiger partial charge in [0.1, 0.15) is 4.90 Å². The van der Waals surface area contributed by atoms with Gasteiger partial charge in [-0.15, -0.1) is 0 Å². The van der Waals surface area contributed by atoms with Gasteiger partial charge in [0, 0.05) is 12.6 Å². The summed E-state index contributed by atoms with van der Waals surface area (Å²) in [6, 6.07) is 21.8. The van der Waals surface area contributed by atoms with Crippen LogP contribution in [0.5, 0.6) is 11.5 Å². The smallest absolute Gasteiger partial charge is 0.339 e. The number of amides is 3. The van der Waals surface area contributed by atoms with E-state index in [0.29, 0.717) is 11.3 Å². The molecule has 0 unspecified atom stereocenters. The number of imide groups is 1. The van der Waals surface area contributed by atoms with Crippen LogP contribution in [-0.2, 0) is 26.3 Å². The zero-order valence-electron chi connectivity index (χ0n) is 23.0. The number of ether oxygens (including phenoxy) is 1. The molecule has 1 saturated heterocycles. The summed E-state index contributed by atoms with van der Waals surface area (Å²) < 4.78 is 37.1. The zero-order chi connectivity index (χ0) is 30.7. The normalized spacial score (nSPS) is 14.4. The van der Waals surface area contributed by atoms with Gasteiger partial charge in [0.25, 0.3) is 11.1 Å². The fraction of sp³-hybridized carbons (Fsp3) is 0.129. The van der Waals surface area contributed by atoms with E-state index in [1.165, 1.54) is 54.3 Å². The molecule has 1 aliphatic heterocycles. The lowest BCUT2D eigenvalue weighted by Crippen LogP contribution is -2.27. The van der Waals surface area contributed by atoms with Crippen LogP contribution in [0, 0.1) is 0 Å². The van der Waals surface area contributed by atoms with Gasteiger partial charge in [-0.2, -0.15) is 8.42 Å². The van der Waals surface area contributed by atoms with E-state index in [9.17, 15) is 22.8 Å². The Balaban J connectivity index is 1.40. The van der Waals surface area contributed by atoms with Gasteiger partial charge >= 0.3 is 10.1 Å². The molecule has 9 nitrogen and oxygen atoms in total. The number of carbonyl (C=O) groups is 3. The molecule has 0 saturated carbocycles. The molecule has 1 aliphatic rings. The lowest BCUT2D eigenvalue weighted by atomic mass is 10.0. The average molecular weight is 637 g/mol. The standard InChI is InChI=1S/C31H25ClN2O7S2/c1-3-40-27-16-20(15-26(32)29(27)41-43(38,39)24-13-11-23(12-14-24)33-19(2)35)17-28-30(36)34(31(37)42-28)18-22-9-6-8-21-7-4-5-10-25(21)22/h4-17H,3,18H2,1-2H3,(H,33,35)/b28-17-. The largest absolute Gasteiger partial charge is 0.490 e. The van der Waals surface area contributed by atoms with Crippen LogP contribution in [-0.4, -0.2) is 37.0 Å². The second-order valence-corrected chi connectivity index (χ2v) is 12.4. The maximum absolute atomic E-state index is 13.3. The highest BCUT2D eigenvalue weighted by Gasteiger charge is 2.35. The van der Waals surface area contributed by atoms with Gasteiger partial charge in [-0.3, -0.25) is 19.3 Å². The van der Waals surface area contributed by atoms with Gasteiger partial charge in [0.2, 0.25) is 11.7 Å². The van der Waals surface area contributed by atoms with Crippen molar-refractivity contribution >= 4 is 73.1 Å². The second kappa shape index (κ2) is 12.5. The molecule has 0 aliphatic carbocycles. The molecule has 12 heteroatoms. The van der Waals surface area contributed by atoms with Crippen LogP contribution >= 0.6 is 23.4 Å². The third-order valence-electron chi connectivity index (χ3n) is 6.37. The number of benzene rings is 4. The van der Waals surface area contributed by atoms with Gasteiger partial charge < -0.3 is 14.2 Å².